The van der Waals surface area contributed by atoms with Crippen LogP contribution in [0.25, 0.3) is 5.69 Å². The van der Waals surface area contributed by atoms with Crippen molar-refractivity contribution in [2.45, 2.75) is 39.3 Å². The molecule has 0 unspecified atom stereocenters. The normalized spacial score (nSPS) is 15.0. The molecule has 2 aliphatic rings. The van der Waals surface area contributed by atoms with E-state index in [1.54, 1.807) is 28.9 Å². The highest BCUT2D eigenvalue weighted by Crippen LogP contribution is 2.32. The highest BCUT2D eigenvalue weighted by atomic mass is 16.5. The number of fused-ring (bicyclic) bond motifs is 1. The first-order chi connectivity index (χ1) is 17.6. The number of hydrazine groups is 1. The highest BCUT2D eigenvalue weighted by Gasteiger charge is 2.30. The van der Waals surface area contributed by atoms with Gasteiger partial charge in [0.1, 0.15) is 11.6 Å². The molecule has 10 nitrogen and oxygen atoms in total. The van der Waals surface area contributed by atoms with E-state index in [-0.39, 0.29) is 11.9 Å². The molecule has 0 saturated carbocycles. The monoisotopic (exact) mass is 489 g/mol. The minimum atomic E-state index is -0.380. The third-order valence-corrected chi connectivity index (χ3v) is 6.52. The van der Waals surface area contributed by atoms with Gasteiger partial charge in [0.15, 0.2) is 0 Å². The smallest absolute Gasteiger partial charge is 0.333 e. The van der Waals surface area contributed by atoms with Crippen molar-refractivity contribution in [2.75, 3.05) is 35.7 Å². The van der Waals surface area contributed by atoms with Crippen LogP contribution in [0.4, 0.5) is 22.0 Å². The number of para-hydroxylation sites is 2. The Balaban J connectivity index is 1.32. The number of hydrogen-bond acceptors (Lipinski definition) is 6. The number of carbonyl (C=O) groups is 2. The van der Waals surface area contributed by atoms with E-state index in [0.29, 0.717) is 36.8 Å². The standard InChI is InChI=1S/C26H31N7O3/c1-3-24(34)28-25-20-16-32(30-26(35)27-21-8-4-5-9-23(21)36-2)17-22(20)29-33(25)19-12-10-18(11-13-19)31-14-6-7-15-31/h4-5,8-13H,3,6-7,14-17H2,1-2H3,(H,28,34)(H2,27,30,35). The number of nitrogens with zero attached hydrogens (tertiary/aromatic N) is 4. The molecule has 10 heteroatoms. The summed E-state index contributed by atoms with van der Waals surface area (Å²) < 4.78 is 7.09. The SMILES string of the molecule is CCC(=O)Nc1c2c(nn1-c1ccc(N3CCCC3)cc1)CN(NC(=O)Nc1ccccc1OC)C2. The Morgan fingerprint density at radius 3 is 2.42 bits per heavy atom. The lowest BCUT2D eigenvalue weighted by atomic mass is 10.2. The minimum absolute atomic E-state index is 0.0899. The van der Waals surface area contributed by atoms with Crippen molar-refractivity contribution in [2.24, 2.45) is 0 Å². The number of benzene rings is 2. The summed E-state index contributed by atoms with van der Waals surface area (Å²) in [6, 6.07) is 15.1. The van der Waals surface area contributed by atoms with Crippen molar-refractivity contribution in [1.29, 1.82) is 0 Å². The summed E-state index contributed by atoms with van der Waals surface area (Å²) in [6.07, 6.45) is 2.81. The molecule has 3 amide bonds. The molecule has 0 atom stereocenters. The highest BCUT2D eigenvalue weighted by molar-refractivity contribution is 5.91. The van der Waals surface area contributed by atoms with E-state index < -0.39 is 0 Å². The maximum absolute atomic E-state index is 12.6. The Hall–Kier alpha value is -4.05. The molecule has 2 aliphatic heterocycles. The molecular weight excluding hydrogens is 458 g/mol. The van der Waals surface area contributed by atoms with E-state index in [1.165, 1.54) is 18.5 Å². The van der Waals surface area contributed by atoms with Crippen molar-refractivity contribution in [1.82, 2.24) is 20.2 Å². The van der Waals surface area contributed by atoms with Gasteiger partial charge in [-0.05, 0) is 49.2 Å². The number of anilines is 3. The number of ether oxygens (including phenoxy) is 1. The van der Waals surface area contributed by atoms with Gasteiger partial charge in [-0.25, -0.2) is 14.5 Å². The Kier molecular flexibility index (Phi) is 6.77. The van der Waals surface area contributed by atoms with Crippen LogP contribution in [-0.2, 0) is 17.9 Å². The molecule has 3 N–H and O–H groups in total. The second-order valence-corrected chi connectivity index (χ2v) is 8.92. The van der Waals surface area contributed by atoms with Crippen molar-refractivity contribution in [3.8, 4) is 11.4 Å². The molecule has 1 fully saturated rings. The Bertz CT molecular complexity index is 1250. The molecular formula is C26H31N7O3. The average molecular weight is 490 g/mol. The first kappa shape index (κ1) is 23.7. The summed E-state index contributed by atoms with van der Waals surface area (Å²) in [7, 11) is 1.56. The predicted molar refractivity (Wildman–Crippen MR) is 138 cm³/mol. The van der Waals surface area contributed by atoms with E-state index in [4.69, 9.17) is 9.84 Å². The molecule has 0 spiro atoms. The fourth-order valence-electron chi connectivity index (χ4n) is 4.65. The molecule has 3 heterocycles. The first-order valence-electron chi connectivity index (χ1n) is 12.3. The summed E-state index contributed by atoms with van der Waals surface area (Å²) in [6.45, 7) is 4.82. The van der Waals surface area contributed by atoms with E-state index in [9.17, 15) is 9.59 Å². The van der Waals surface area contributed by atoms with E-state index in [1.807, 2.05) is 31.2 Å². The van der Waals surface area contributed by atoms with Gasteiger partial charge in [0.25, 0.3) is 0 Å². The number of rotatable bonds is 7. The van der Waals surface area contributed by atoms with Crippen LogP contribution in [0.15, 0.2) is 48.5 Å². The number of carbonyl (C=O) groups excluding carboxylic acids is 2. The van der Waals surface area contributed by atoms with Crippen LogP contribution in [0.5, 0.6) is 5.75 Å². The van der Waals surface area contributed by atoms with Crippen LogP contribution in [0.1, 0.15) is 37.4 Å². The number of hydrogen-bond donors (Lipinski definition) is 3. The van der Waals surface area contributed by atoms with Crippen molar-refractivity contribution < 1.29 is 14.3 Å². The zero-order valence-electron chi connectivity index (χ0n) is 20.6. The molecule has 0 bridgehead atoms. The van der Waals surface area contributed by atoms with Gasteiger partial charge in [-0.2, -0.15) is 5.10 Å². The molecule has 1 aromatic heterocycles. The van der Waals surface area contributed by atoms with Gasteiger partial charge in [0.05, 0.1) is 30.7 Å². The van der Waals surface area contributed by atoms with Gasteiger partial charge in [0.2, 0.25) is 5.91 Å². The Morgan fingerprint density at radius 1 is 0.972 bits per heavy atom. The van der Waals surface area contributed by atoms with Gasteiger partial charge in [-0.15, -0.1) is 0 Å². The summed E-state index contributed by atoms with van der Waals surface area (Å²) in [5.74, 6) is 1.13. The van der Waals surface area contributed by atoms with Gasteiger partial charge in [-0.3, -0.25) is 10.2 Å². The maximum Gasteiger partial charge on any atom is 0.333 e. The van der Waals surface area contributed by atoms with Crippen LogP contribution < -0.4 is 25.7 Å². The lowest BCUT2D eigenvalue weighted by Gasteiger charge is -2.20. The summed E-state index contributed by atoms with van der Waals surface area (Å²) in [5.41, 5.74) is 7.22. The van der Waals surface area contributed by atoms with Crippen molar-refractivity contribution in [3.63, 3.8) is 0 Å². The molecule has 36 heavy (non-hydrogen) atoms. The molecule has 0 radical (unpaired) electrons. The minimum Gasteiger partial charge on any atom is -0.495 e. The number of methoxy groups -OCH3 is 1. The van der Waals surface area contributed by atoms with Crippen LogP contribution in [0.3, 0.4) is 0 Å². The zero-order chi connectivity index (χ0) is 25.1. The third-order valence-electron chi connectivity index (χ3n) is 6.52. The van der Waals surface area contributed by atoms with Crippen LogP contribution in [0, 0.1) is 0 Å². The number of aromatic nitrogens is 2. The number of nitrogens with one attached hydrogen (secondary N) is 3. The van der Waals surface area contributed by atoms with Crippen LogP contribution in [0.2, 0.25) is 0 Å². The molecule has 188 valence electrons. The molecule has 5 rings (SSSR count). The Labute approximate surface area is 210 Å². The fourth-order valence-corrected chi connectivity index (χ4v) is 4.65. The molecule has 1 saturated heterocycles. The van der Waals surface area contributed by atoms with Gasteiger partial charge >= 0.3 is 6.03 Å². The van der Waals surface area contributed by atoms with E-state index in [0.717, 1.165) is 30.0 Å². The summed E-state index contributed by atoms with van der Waals surface area (Å²) >= 11 is 0. The predicted octanol–water partition coefficient (Wildman–Crippen LogP) is 3.88. The fraction of sp³-hybridized carbons (Fsp3) is 0.346. The van der Waals surface area contributed by atoms with E-state index in [2.05, 4.69) is 33.1 Å². The summed E-state index contributed by atoms with van der Waals surface area (Å²) in [4.78, 5) is 27.4. The second kappa shape index (κ2) is 10.3. The average Bonchev–Trinajstić information content (AvgIpc) is 3.62. The lowest BCUT2D eigenvalue weighted by Crippen LogP contribution is -2.41. The molecule has 3 aromatic rings. The van der Waals surface area contributed by atoms with Crippen LogP contribution in [-0.4, -0.2) is 46.9 Å². The second-order valence-electron chi connectivity index (χ2n) is 8.92. The summed E-state index contributed by atoms with van der Waals surface area (Å²) in [5, 5.41) is 12.4. The van der Waals surface area contributed by atoms with E-state index >= 15 is 0 Å². The quantitative estimate of drug-likeness (QED) is 0.465. The van der Waals surface area contributed by atoms with Crippen molar-refractivity contribution >= 4 is 29.1 Å². The number of urea groups is 1. The zero-order valence-corrected chi connectivity index (χ0v) is 20.6. The molecule has 2 aromatic carbocycles. The Morgan fingerprint density at radius 2 is 1.69 bits per heavy atom. The maximum atomic E-state index is 12.6. The number of amides is 3. The van der Waals surface area contributed by atoms with Gasteiger partial charge < -0.3 is 20.3 Å². The topological polar surface area (TPSA) is 104 Å². The van der Waals surface area contributed by atoms with Crippen molar-refractivity contribution in [3.05, 3.63) is 59.8 Å². The lowest BCUT2D eigenvalue weighted by molar-refractivity contribution is -0.115. The first-order valence-corrected chi connectivity index (χ1v) is 12.3. The van der Waals surface area contributed by atoms with Crippen LogP contribution >= 0.6 is 0 Å². The van der Waals surface area contributed by atoms with Gasteiger partial charge in [0, 0.05) is 37.3 Å². The van der Waals surface area contributed by atoms with Gasteiger partial charge in [-0.1, -0.05) is 19.1 Å². The third kappa shape index (κ3) is 4.85. The molecule has 0 aliphatic carbocycles. The largest absolute Gasteiger partial charge is 0.495 e.